The average Bonchev–Trinajstić information content (AvgIpc) is 2.76. The van der Waals surface area contributed by atoms with E-state index in [0.717, 1.165) is 22.1 Å². The van der Waals surface area contributed by atoms with E-state index in [-0.39, 0.29) is 12.5 Å². The minimum atomic E-state index is -0.552. The van der Waals surface area contributed by atoms with E-state index in [2.05, 4.69) is 4.98 Å². The van der Waals surface area contributed by atoms with Crippen molar-refractivity contribution < 1.29 is 19.1 Å². The molecular weight excluding hydrogens is 388 g/mol. The number of benzene rings is 2. The summed E-state index contributed by atoms with van der Waals surface area (Å²) in [6.45, 7) is 0.101. The second-order valence-electron chi connectivity index (χ2n) is 6.43. The molecule has 1 aromatic heterocycles. The minimum Gasteiger partial charge on any atom is -0.497 e. The maximum absolute atomic E-state index is 12.4. The molecule has 150 valence electrons. The zero-order chi connectivity index (χ0) is 20.8. The summed E-state index contributed by atoms with van der Waals surface area (Å²) in [5.41, 5.74) is 1.35. The van der Waals surface area contributed by atoms with E-state index in [4.69, 9.17) is 9.47 Å². The van der Waals surface area contributed by atoms with Crippen molar-refractivity contribution in [3.05, 3.63) is 65.9 Å². The Balaban J connectivity index is 1.60. The first-order valence-corrected chi connectivity index (χ1v) is 10.2. The normalized spacial score (nSPS) is 10.6. The molecule has 1 amide bonds. The smallest absolute Gasteiger partial charge is 0.341 e. The fourth-order valence-corrected chi connectivity index (χ4v) is 3.42. The van der Waals surface area contributed by atoms with Gasteiger partial charge in [0.15, 0.2) is 6.61 Å². The van der Waals surface area contributed by atoms with Crippen LogP contribution in [-0.2, 0) is 16.1 Å². The summed E-state index contributed by atoms with van der Waals surface area (Å²) < 4.78 is 10.4. The monoisotopic (exact) mass is 410 g/mol. The molecule has 7 heteroatoms. The van der Waals surface area contributed by atoms with Crippen molar-refractivity contribution in [2.75, 3.05) is 27.0 Å². The number of hydrogen-bond acceptors (Lipinski definition) is 6. The Kier molecular flexibility index (Phi) is 6.72. The van der Waals surface area contributed by atoms with Crippen LogP contribution in [0.3, 0.4) is 0 Å². The summed E-state index contributed by atoms with van der Waals surface area (Å²) in [4.78, 5) is 30.3. The first-order valence-electron chi connectivity index (χ1n) is 8.98. The fourth-order valence-electron chi connectivity index (χ4n) is 2.88. The number of ether oxygens (including phenoxy) is 2. The van der Waals surface area contributed by atoms with E-state index in [1.165, 1.54) is 16.7 Å². The van der Waals surface area contributed by atoms with Gasteiger partial charge in [0.2, 0.25) is 0 Å². The van der Waals surface area contributed by atoms with Crippen molar-refractivity contribution in [2.24, 2.45) is 0 Å². The Labute approximate surface area is 173 Å². The molecule has 1 heterocycles. The lowest BCUT2D eigenvalue weighted by atomic mass is 10.1. The van der Waals surface area contributed by atoms with Gasteiger partial charge in [0.05, 0.1) is 12.7 Å². The molecule has 0 fully saturated rings. The van der Waals surface area contributed by atoms with E-state index >= 15 is 0 Å². The van der Waals surface area contributed by atoms with Gasteiger partial charge in [-0.25, -0.2) is 9.78 Å². The largest absolute Gasteiger partial charge is 0.497 e. The molecule has 6 nitrogen and oxygen atoms in total. The lowest BCUT2D eigenvalue weighted by molar-refractivity contribution is -0.133. The number of rotatable bonds is 7. The lowest BCUT2D eigenvalue weighted by Gasteiger charge is -2.18. The third kappa shape index (κ3) is 5.06. The Morgan fingerprint density at radius 2 is 1.86 bits per heavy atom. The van der Waals surface area contributed by atoms with Crippen molar-refractivity contribution in [1.29, 1.82) is 0 Å². The molecule has 0 unspecified atom stereocenters. The van der Waals surface area contributed by atoms with Gasteiger partial charge >= 0.3 is 5.97 Å². The number of thioether (sulfide) groups is 1. The van der Waals surface area contributed by atoms with Crippen molar-refractivity contribution >= 4 is 34.4 Å². The van der Waals surface area contributed by atoms with Gasteiger partial charge in [-0.2, -0.15) is 0 Å². The van der Waals surface area contributed by atoms with Crippen molar-refractivity contribution in [3.8, 4) is 5.75 Å². The molecule has 0 saturated carbocycles. The summed E-state index contributed by atoms with van der Waals surface area (Å²) >= 11 is 1.35. The van der Waals surface area contributed by atoms with Gasteiger partial charge in [-0.3, -0.25) is 4.79 Å². The van der Waals surface area contributed by atoms with Crippen LogP contribution in [0.1, 0.15) is 15.9 Å². The van der Waals surface area contributed by atoms with Crippen LogP contribution in [0.4, 0.5) is 0 Å². The van der Waals surface area contributed by atoms with Gasteiger partial charge in [-0.15, -0.1) is 11.8 Å². The maximum Gasteiger partial charge on any atom is 0.341 e. The number of aromatic nitrogens is 1. The number of methoxy groups -OCH3 is 1. The lowest BCUT2D eigenvalue weighted by Crippen LogP contribution is -2.30. The molecule has 0 aliphatic heterocycles. The zero-order valence-corrected chi connectivity index (χ0v) is 17.4. The third-order valence-electron chi connectivity index (χ3n) is 4.47. The van der Waals surface area contributed by atoms with Gasteiger partial charge in [0.1, 0.15) is 10.8 Å². The molecule has 0 N–H and O–H groups in total. The third-order valence-corrected chi connectivity index (χ3v) is 5.18. The van der Waals surface area contributed by atoms with Gasteiger partial charge in [-0.05, 0) is 52.9 Å². The Hall–Kier alpha value is -3.06. The average molecular weight is 410 g/mol. The topological polar surface area (TPSA) is 68.7 Å². The molecule has 0 aliphatic rings. The Bertz CT molecular complexity index is 1040. The molecule has 0 atom stereocenters. The fraction of sp³-hybridized carbons (Fsp3) is 0.227. The van der Waals surface area contributed by atoms with Crippen LogP contribution in [0.15, 0.2) is 59.8 Å². The highest BCUT2D eigenvalue weighted by molar-refractivity contribution is 7.98. The second kappa shape index (κ2) is 9.43. The number of nitrogens with zero attached hydrogens (tertiary/aromatic N) is 2. The summed E-state index contributed by atoms with van der Waals surface area (Å²) in [6, 6.07) is 15.2. The van der Waals surface area contributed by atoms with E-state index in [1.807, 2.05) is 42.7 Å². The molecule has 0 spiro atoms. The van der Waals surface area contributed by atoms with E-state index in [1.54, 1.807) is 32.5 Å². The molecule has 29 heavy (non-hydrogen) atoms. The first kappa shape index (κ1) is 20.7. The number of carbonyl (C=O) groups excluding carboxylic acids is 2. The quantitative estimate of drug-likeness (QED) is 0.436. The predicted molar refractivity (Wildman–Crippen MR) is 113 cm³/mol. The van der Waals surface area contributed by atoms with E-state index < -0.39 is 5.97 Å². The van der Waals surface area contributed by atoms with Crippen molar-refractivity contribution in [3.63, 3.8) is 0 Å². The van der Waals surface area contributed by atoms with Crippen LogP contribution in [0.5, 0.6) is 5.75 Å². The second-order valence-corrected chi connectivity index (χ2v) is 7.23. The van der Waals surface area contributed by atoms with Crippen molar-refractivity contribution in [2.45, 2.75) is 11.6 Å². The van der Waals surface area contributed by atoms with Crippen LogP contribution >= 0.6 is 11.8 Å². The Morgan fingerprint density at radius 3 is 2.62 bits per heavy atom. The van der Waals surface area contributed by atoms with Gasteiger partial charge in [0, 0.05) is 19.8 Å². The molecule has 3 rings (SSSR count). The molecule has 3 aromatic rings. The number of esters is 1. The highest BCUT2D eigenvalue weighted by Gasteiger charge is 2.17. The standard InChI is InChI=1S/C22H22N2O4S/c1-24(13-15-6-7-17-12-18(27-2)9-8-16(17)11-15)20(25)14-28-22(26)19-5-4-10-23-21(19)29-3/h4-12H,13-14H2,1-3H3. The van der Waals surface area contributed by atoms with Crippen LogP contribution in [0, 0.1) is 0 Å². The van der Waals surface area contributed by atoms with Crippen LogP contribution in [0.25, 0.3) is 10.8 Å². The highest BCUT2D eigenvalue weighted by atomic mass is 32.2. The molecule has 2 aromatic carbocycles. The number of likely N-dealkylation sites (N-methyl/N-ethyl adjacent to an activating group) is 1. The van der Waals surface area contributed by atoms with Crippen molar-refractivity contribution in [1.82, 2.24) is 9.88 Å². The minimum absolute atomic E-state index is 0.275. The molecule has 0 aliphatic carbocycles. The number of hydrogen-bond donors (Lipinski definition) is 0. The number of pyridine rings is 1. The van der Waals surface area contributed by atoms with Gasteiger partial charge < -0.3 is 14.4 Å². The number of fused-ring (bicyclic) bond motifs is 1. The van der Waals surface area contributed by atoms with Gasteiger partial charge in [0.25, 0.3) is 5.91 Å². The summed E-state index contributed by atoms with van der Waals surface area (Å²) in [6.07, 6.45) is 3.44. The molecule has 0 saturated heterocycles. The predicted octanol–water partition coefficient (Wildman–Crippen LogP) is 3.78. The zero-order valence-electron chi connectivity index (χ0n) is 16.5. The van der Waals surface area contributed by atoms with Gasteiger partial charge in [-0.1, -0.05) is 18.2 Å². The first-order chi connectivity index (χ1) is 14.0. The number of amides is 1. The highest BCUT2D eigenvalue weighted by Crippen LogP contribution is 2.22. The molecule has 0 bridgehead atoms. The molecule has 0 radical (unpaired) electrons. The van der Waals surface area contributed by atoms with Crippen LogP contribution in [-0.4, -0.2) is 48.8 Å². The maximum atomic E-state index is 12.4. The number of carbonyl (C=O) groups is 2. The van der Waals surface area contributed by atoms with Crippen LogP contribution in [0.2, 0.25) is 0 Å². The SMILES string of the molecule is COc1ccc2cc(CN(C)C(=O)COC(=O)c3cccnc3SC)ccc2c1. The van der Waals surface area contributed by atoms with Crippen LogP contribution < -0.4 is 4.74 Å². The van der Waals surface area contributed by atoms with E-state index in [9.17, 15) is 9.59 Å². The summed E-state index contributed by atoms with van der Waals surface area (Å²) in [5, 5.41) is 2.71. The summed E-state index contributed by atoms with van der Waals surface area (Å²) in [5.74, 6) is -0.0239. The summed E-state index contributed by atoms with van der Waals surface area (Å²) in [7, 11) is 3.32. The molecular formula is C22H22N2O4S. The Morgan fingerprint density at radius 1 is 1.10 bits per heavy atom. The van der Waals surface area contributed by atoms with E-state index in [0.29, 0.717) is 17.1 Å².